The fourth-order valence-corrected chi connectivity index (χ4v) is 1.96. The molecule has 0 radical (unpaired) electrons. The van der Waals surface area contributed by atoms with E-state index in [1.165, 1.54) is 11.6 Å². The fourth-order valence-electron chi connectivity index (χ4n) is 1.55. The molecule has 4 nitrogen and oxygen atoms in total. The van der Waals surface area contributed by atoms with Crippen LogP contribution in [0.25, 0.3) is 11.2 Å². The third-order valence-electron chi connectivity index (χ3n) is 2.45. The lowest BCUT2D eigenvalue weighted by Crippen LogP contribution is -2.13. The van der Waals surface area contributed by atoms with Crippen molar-refractivity contribution in [3.05, 3.63) is 23.7 Å². The van der Waals surface area contributed by atoms with E-state index in [0.717, 1.165) is 12.3 Å². The lowest BCUT2D eigenvalue weighted by molar-refractivity contribution is -0.137. The van der Waals surface area contributed by atoms with Gasteiger partial charge in [-0.25, -0.2) is 9.97 Å². The quantitative estimate of drug-likeness (QED) is 0.574. The molecule has 0 aliphatic carbocycles. The van der Waals surface area contributed by atoms with Crippen molar-refractivity contribution in [3.63, 3.8) is 0 Å². The third-order valence-corrected chi connectivity index (χ3v) is 3.29. The zero-order valence-electron chi connectivity index (χ0n) is 9.37. The molecule has 9 heteroatoms. The number of halogens is 5. The highest BCUT2D eigenvalue weighted by atomic mass is 79.9. The van der Waals surface area contributed by atoms with Crippen LogP contribution in [0.2, 0.25) is 0 Å². The van der Waals surface area contributed by atoms with Crippen LogP contribution in [0.15, 0.2) is 12.3 Å². The maximum Gasteiger partial charge on any atom is 0.417 e. The van der Waals surface area contributed by atoms with Crippen LogP contribution in [0, 0.1) is 0 Å². The average molecular weight is 401 g/mol. The van der Waals surface area contributed by atoms with Crippen LogP contribution in [-0.4, -0.2) is 24.1 Å². The minimum atomic E-state index is -4.49. The van der Waals surface area contributed by atoms with Gasteiger partial charge in [0.1, 0.15) is 9.25 Å². The van der Waals surface area contributed by atoms with Gasteiger partial charge in [-0.1, -0.05) is 31.9 Å². The molecule has 102 valence electrons. The smallest absolute Gasteiger partial charge is 0.309 e. The van der Waals surface area contributed by atoms with Crippen molar-refractivity contribution in [1.82, 2.24) is 14.5 Å². The van der Waals surface area contributed by atoms with Crippen molar-refractivity contribution < 1.29 is 18.0 Å². The summed E-state index contributed by atoms with van der Waals surface area (Å²) >= 11 is 6.06. The first kappa shape index (κ1) is 14.4. The number of carbonyl (C=O) groups excluding carboxylic acids is 1. The molecule has 0 saturated carbocycles. The van der Waals surface area contributed by atoms with E-state index in [0.29, 0.717) is 0 Å². The highest BCUT2D eigenvalue weighted by Crippen LogP contribution is 2.30. The highest BCUT2D eigenvalue weighted by Gasteiger charge is 2.32. The number of aromatic nitrogens is 3. The van der Waals surface area contributed by atoms with Crippen LogP contribution in [0.3, 0.4) is 0 Å². The Hall–Kier alpha value is -0.960. The van der Waals surface area contributed by atoms with E-state index in [-0.39, 0.29) is 17.0 Å². The molecule has 2 heterocycles. The number of alkyl halides is 5. The van der Waals surface area contributed by atoms with E-state index >= 15 is 0 Å². The van der Waals surface area contributed by atoms with Crippen LogP contribution in [0.1, 0.15) is 16.2 Å². The Morgan fingerprint density at radius 1 is 1.42 bits per heavy atom. The molecular weight excluding hydrogens is 395 g/mol. The molecule has 0 bridgehead atoms. The summed E-state index contributed by atoms with van der Waals surface area (Å²) in [7, 11) is 1.52. The molecule has 0 unspecified atom stereocenters. The Morgan fingerprint density at radius 2 is 2.05 bits per heavy atom. The molecule has 0 saturated heterocycles. The van der Waals surface area contributed by atoms with Crippen molar-refractivity contribution in [2.24, 2.45) is 7.05 Å². The number of carbonyl (C=O) groups is 1. The molecule has 0 atom stereocenters. The first-order valence-corrected chi connectivity index (χ1v) is 6.77. The van der Waals surface area contributed by atoms with Gasteiger partial charge in [0, 0.05) is 13.2 Å². The molecule has 0 aliphatic heterocycles. The number of Topliss-reactive ketones (excluding diaryl/α,β-unsaturated/α-hetero) is 1. The lowest BCUT2D eigenvalue weighted by Gasteiger charge is -2.05. The van der Waals surface area contributed by atoms with E-state index in [2.05, 4.69) is 41.8 Å². The topological polar surface area (TPSA) is 47.8 Å². The van der Waals surface area contributed by atoms with E-state index in [1.54, 1.807) is 0 Å². The number of nitrogens with zero attached hydrogens (tertiary/aromatic N) is 3. The number of aryl methyl sites for hydroxylation is 1. The number of hydrogen-bond acceptors (Lipinski definition) is 3. The van der Waals surface area contributed by atoms with Crippen molar-refractivity contribution in [1.29, 1.82) is 0 Å². The second kappa shape index (κ2) is 4.86. The zero-order valence-corrected chi connectivity index (χ0v) is 12.5. The summed E-state index contributed by atoms with van der Waals surface area (Å²) in [5.74, 6) is -0.366. The molecule has 2 aromatic heterocycles. The number of imidazole rings is 1. The number of fused-ring (bicyclic) bond motifs is 1. The lowest BCUT2D eigenvalue weighted by atomic mass is 10.2. The molecule has 0 aliphatic rings. The van der Waals surface area contributed by atoms with Crippen LogP contribution in [-0.2, 0) is 13.2 Å². The van der Waals surface area contributed by atoms with Gasteiger partial charge in [-0.3, -0.25) is 4.79 Å². The predicted octanol–water partition coefficient (Wildman–Crippen LogP) is 3.29. The molecule has 2 aromatic rings. The Bertz CT molecular complexity index is 651. The van der Waals surface area contributed by atoms with Gasteiger partial charge in [0.25, 0.3) is 0 Å². The first-order chi connectivity index (χ1) is 8.71. The second-order valence-corrected chi connectivity index (χ2v) is 6.78. The van der Waals surface area contributed by atoms with Crippen LogP contribution in [0.4, 0.5) is 13.2 Å². The molecule has 19 heavy (non-hydrogen) atoms. The fraction of sp³-hybridized carbons (Fsp3) is 0.300. The summed E-state index contributed by atoms with van der Waals surface area (Å²) in [6, 6.07) is 0.872. The number of hydrogen-bond donors (Lipinski definition) is 0. The van der Waals surface area contributed by atoms with Gasteiger partial charge in [-0.15, -0.1) is 0 Å². The molecule has 0 amide bonds. The number of rotatable bonds is 2. The van der Waals surface area contributed by atoms with E-state index in [1.807, 2.05) is 0 Å². The Kier molecular flexibility index (Phi) is 3.69. The summed E-state index contributed by atoms with van der Waals surface area (Å²) in [5, 5.41) is 0. The number of pyridine rings is 1. The van der Waals surface area contributed by atoms with Gasteiger partial charge >= 0.3 is 6.18 Å². The predicted molar refractivity (Wildman–Crippen MR) is 69.5 cm³/mol. The molecule has 0 N–H and O–H groups in total. The Labute approximate surface area is 122 Å². The minimum absolute atomic E-state index is 0.0283. The van der Waals surface area contributed by atoms with Gasteiger partial charge < -0.3 is 4.57 Å². The monoisotopic (exact) mass is 399 g/mol. The van der Waals surface area contributed by atoms with Crippen LogP contribution < -0.4 is 0 Å². The second-order valence-electron chi connectivity index (χ2n) is 3.72. The van der Waals surface area contributed by atoms with Gasteiger partial charge in [-0.05, 0) is 6.07 Å². The normalized spacial score (nSPS) is 12.4. The van der Waals surface area contributed by atoms with E-state index in [9.17, 15) is 18.0 Å². The SMILES string of the molecule is Cn1c(C(=O)C(Br)Br)nc2cc(C(F)(F)F)cnc21. The minimum Gasteiger partial charge on any atom is -0.309 e. The molecule has 0 fully saturated rings. The summed E-state index contributed by atoms with van der Waals surface area (Å²) < 4.78 is 38.4. The Balaban J connectivity index is 2.61. The van der Waals surface area contributed by atoms with Gasteiger partial charge in [-0.2, -0.15) is 13.2 Å². The maximum atomic E-state index is 12.6. The maximum absolute atomic E-state index is 12.6. The van der Waals surface area contributed by atoms with Crippen molar-refractivity contribution in [3.8, 4) is 0 Å². The summed E-state index contributed by atoms with van der Waals surface area (Å²) in [6.07, 6.45) is -3.77. The standard InChI is InChI=1S/C10H6Br2F3N3O/c1-18-8-5(17-9(18)6(19)7(11)12)2-4(3-16-8)10(13,14)15/h2-3,7H,1H3. The van der Waals surface area contributed by atoms with Crippen LogP contribution in [0.5, 0.6) is 0 Å². The van der Waals surface area contributed by atoms with Crippen LogP contribution >= 0.6 is 31.9 Å². The van der Waals surface area contributed by atoms with Crippen molar-refractivity contribution in [2.75, 3.05) is 0 Å². The van der Waals surface area contributed by atoms with E-state index in [4.69, 9.17) is 0 Å². The molecular formula is C10H6Br2F3N3O. The Morgan fingerprint density at radius 3 is 2.58 bits per heavy atom. The van der Waals surface area contributed by atoms with Gasteiger partial charge in [0.05, 0.1) is 5.56 Å². The highest BCUT2D eigenvalue weighted by molar-refractivity contribution is 9.25. The largest absolute Gasteiger partial charge is 0.417 e. The molecule has 0 spiro atoms. The van der Waals surface area contributed by atoms with Gasteiger partial charge in [0.2, 0.25) is 5.78 Å². The first-order valence-electron chi connectivity index (χ1n) is 4.94. The van der Waals surface area contributed by atoms with Crippen molar-refractivity contribution >= 4 is 48.8 Å². The summed E-state index contributed by atoms with van der Waals surface area (Å²) in [4.78, 5) is 19.4. The summed E-state index contributed by atoms with van der Waals surface area (Å²) in [5.41, 5.74) is -0.648. The zero-order chi connectivity index (χ0) is 14.4. The molecule has 0 aromatic carbocycles. The van der Waals surface area contributed by atoms with Crippen molar-refractivity contribution in [2.45, 2.75) is 9.91 Å². The average Bonchev–Trinajstić information content (AvgIpc) is 2.64. The summed E-state index contributed by atoms with van der Waals surface area (Å²) in [6.45, 7) is 0. The van der Waals surface area contributed by atoms with E-state index < -0.39 is 21.3 Å². The number of ketones is 1. The molecule has 2 rings (SSSR count). The third kappa shape index (κ3) is 2.66. The van der Waals surface area contributed by atoms with Gasteiger partial charge in [0.15, 0.2) is 11.5 Å².